The van der Waals surface area contributed by atoms with Crippen molar-refractivity contribution in [1.82, 2.24) is 19.4 Å². The number of rotatable bonds is 4. The van der Waals surface area contributed by atoms with Crippen LogP contribution in [0.4, 0.5) is 5.82 Å². The fourth-order valence-corrected chi connectivity index (χ4v) is 4.08. The Kier molecular flexibility index (Phi) is 4.41. The van der Waals surface area contributed by atoms with E-state index in [9.17, 15) is 0 Å². The topological polar surface area (TPSA) is 69.2 Å². The smallest absolute Gasteiger partial charge is 0.151 e. The lowest BCUT2D eigenvalue weighted by Gasteiger charge is -2.26. The van der Waals surface area contributed by atoms with Gasteiger partial charge in [0.1, 0.15) is 23.3 Å². The molecule has 146 valence electrons. The van der Waals surface area contributed by atoms with Crippen LogP contribution in [0, 0.1) is 0 Å². The standard InChI is InChI=1S/C23H23N5O/c1-2-27-13-12-20-19(14-27)21-22(23(24)26-15-25-21)28(20)16-8-10-18(11-9-16)29-17-6-4-3-5-7-17/h3-11,15H,2,12-14H2,1H3,(H2,24,25,26). The molecule has 0 fully saturated rings. The average molecular weight is 385 g/mol. The van der Waals surface area contributed by atoms with E-state index >= 15 is 0 Å². The lowest BCUT2D eigenvalue weighted by molar-refractivity contribution is 0.267. The minimum Gasteiger partial charge on any atom is -0.457 e. The van der Waals surface area contributed by atoms with E-state index in [1.54, 1.807) is 6.33 Å². The first kappa shape index (κ1) is 17.7. The van der Waals surface area contributed by atoms with Crippen molar-refractivity contribution in [1.29, 1.82) is 0 Å². The average Bonchev–Trinajstić information content (AvgIpc) is 3.10. The van der Waals surface area contributed by atoms with Crippen LogP contribution < -0.4 is 10.5 Å². The number of aromatic nitrogens is 3. The second kappa shape index (κ2) is 7.22. The zero-order chi connectivity index (χ0) is 19.8. The van der Waals surface area contributed by atoms with Crippen LogP contribution in [0.1, 0.15) is 18.2 Å². The Morgan fingerprint density at radius 3 is 2.52 bits per heavy atom. The Morgan fingerprint density at radius 1 is 1.00 bits per heavy atom. The maximum absolute atomic E-state index is 6.30. The summed E-state index contributed by atoms with van der Waals surface area (Å²) in [6, 6.07) is 17.9. The normalized spacial score (nSPS) is 14.1. The molecule has 1 aliphatic heterocycles. The molecule has 0 bridgehead atoms. The quantitative estimate of drug-likeness (QED) is 0.571. The number of anilines is 1. The molecular weight excluding hydrogens is 362 g/mol. The number of nitrogens with two attached hydrogens (primary N) is 1. The zero-order valence-electron chi connectivity index (χ0n) is 16.4. The van der Waals surface area contributed by atoms with Gasteiger partial charge in [-0.05, 0) is 42.9 Å². The first-order valence-electron chi connectivity index (χ1n) is 9.93. The fraction of sp³-hybridized carbons (Fsp3) is 0.217. The summed E-state index contributed by atoms with van der Waals surface area (Å²) in [5.41, 5.74) is 11.7. The predicted octanol–water partition coefficient (Wildman–Crippen LogP) is 4.17. The molecule has 1 aliphatic rings. The number of nitrogens with zero attached hydrogens (tertiary/aromatic N) is 4. The highest BCUT2D eigenvalue weighted by atomic mass is 16.5. The van der Waals surface area contributed by atoms with Gasteiger partial charge < -0.3 is 15.0 Å². The van der Waals surface area contributed by atoms with E-state index in [2.05, 4.69) is 38.5 Å². The van der Waals surface area contributed by atoms with Gasteiger partial charge >= 0.3 is 0 Å². The van der Waals surface area contributed by atoms with Crippen LogP contribution in [0.2, 0.25) is 0 Å². The van der Waals surface area contributed by atoms with Gasteiger partial charge in [0.15, 0.2) is 5.82 Å². The van der Waals surface area contributed by atoms with Gasteiger partial charge in [0.2, 0.25) is 0 Å². The van der Waals surface area contributed by atoms with Crippen LogP contribution in [0.5, 0.6) is 11.5 Å². The highest BCUT2D eigenvalue weighted by molar-refractivity contribution is 5.91. The monoisotopic (exact) mass is 385 g/mol. The number of benzene rings is 2. The molecular formula is C23H23N5O. The van der Waals surface area contributed by atoms with Crippen molar-refractivity contribution in [3.63, 3.8) is 0 Å². The Balaban J connectivity index is 1.58. The molecule has 29 heavy (non-hydrogen) atoms. The number of hydrogen-bond acceptors (Lipinski definition) is 5. The lowest BCUT2D eigenvalue weighted by Crippen LogP contribution is -2.30. The van der Waals surface area contributed by atoms with Crippen molar-refractivity contribution in [2.45, 2.75) is 19.9 Å². The molecule has 5 rings (SSSR count). The summed E-state index contributed by atoms with van der Waals surface area (Å²) < 4.78 is 8.16. The van der Waals surface area contributed by atoms with Gasteiger partial charge in [0.05, 0.1) is 5.52 Å². The highest BCUT2D eigenvalue weighted by Crippen LogP contribution is 2.35. The largest absolute Gasteiger partial charge is 0.457 e. The van der Waals surface area contributed by atoms with Crippen LogP contribution in [-0.2, 0) is 13.0 Å². The molecule has 2 aromatic carbocycles. The van der Waals surface area contributed by atoms with E-state index in [0.29, 0.717) is 5.82 Å². The Morgan fingerprint density at radius 2 is 1.76 bits per heavy atom. The van der Waals surface area contributed by atoms with Crippen molar-refractivity contribution in [3.05, 3.63) is 72.2 Å². The molecule has 0 aliphatic carbocycles. The predicted molar refractivity (Wildman–Crippen MR) is 114 cm³/mol. The SMILES string of the molecule is CCN1CCc2c(c3ncnc(N)c3n2-c2ccc(Oc3ccccc3)cc2)C1. The van der Waals surface area contributed by atoms with Crippen molar-refractivity contribution < 1.29 is 4.74 Å². The van der Waals surface area contributed by atoms with Gasteiger partial charge in [0, 0.05) is 36.5 Å². The van der Waals surface area contributed by atoms with Gasteiger partial charge in [-0.3, -0.25) is 4.90 Å². The van der Waals surface area contributed by atoms with E-state index in [1.807, 2.05) is 42.5 Å². The molecule has 2 aromatic heterocycles. The van der Waals surface area contributed by atoms with Crippen LogP contribution in [-0.4, -0.2) is 32.5 Å². The third kappa shape index (κ3) is 3.11. The van der Waals surface area contributed by atoms with Crippen LogP contribution in [0.15, 0.2) is 60.9 Å². The van der Waals surface area contributed by atoms with Gasteiger partial charge in [-0.2, -0.15) is 0 Å². The Bertz CT molecular complexity index is 1150. The number of para-hydroxylation sites is 1. The van der Waals surface area contributed by atoms with Gasteiger partial charge in [0.25, 0.3) is 0 Å². The van der Waals surface area contributed by atoms with Crippen LogP contribution in [0.3, 0.4) is 0 Å². The van der Waals surface area contributed by atoms with Crippen molar-refractivity contribution in [2.75, 3.05) is 18.8 Å². The van der Waals surface area contributed by atoms with E-state index in [0.717, 1.165) is 54.3 Å². The van der Waals surface area contributed by atoms with Crippen molar-refractivity contribution in [3.8, 4) is 17.2 Å². The second-order valence-corrected chi connectivity index (χ2v) is 7.24. The summed E-state index contributed by atoms with van der Waals surface area (Å²) in [4.78, 5) is 11.3. The molecule has 0 radical (unpaired) electrons. The maximum atomic E-state index is 6.30. The number of fused-ring (bicyclic) bond motifs is 3. The number of hydrogen-bond donors (Lipinski definition) is 1. The molecule has 6 nitrogen and oxygen atoms in total. The van der Waals surface area contributed by atoms with Crippen molar-refractivity contribution >= 4 is 16.9 Å². The van der Waals surface area contributed by atoms with Gasteiger partial charge in [-0.1, -0.05) is 25.1 Å². The van der Waals surface area contributed by atoms with Gasteiger partial charge in [-0.25, -0.2) is 9.97 Å². The number of ether oxygens (including phenoxy) is 1. The summed E-state index contributed by atoms with van der Waals surface area (Å²) in [5.74, 6) is 2.13. The third-order valence-corrected chi connectivity index (χ3v) is 5.55. The molecule has 6 heteroatoms. The van der Waals surface area contributed by atoms with E-state index in [4.69, 9.17) is 10.5 Å². The van der Waals surface area contributed by atoms with E-state index in [1.165, 1.54) is 11.3 Å². The summed E-state index contributed by atoms with van der Waals surface area (Å²) in [5, 5.41) is 0. The molecule has 0 spiro atoms. The highest BCUT2D eigenvalue weighted by Gasteiger charge is 2.26. The molecule has 4 aromatic rings. The van der Waals surface area contributed by atoms with Crippen LogP contribution >= 0.6 is 0 Å². The molecule has 0 unspecified atom stereocenters. The molecule has 0 saturated heterocycles. The number of nitrogen functional groups attached to an aromatic ring is 1. The summed E-state index contributed by atoms with van der Waals surface area (Å²) in [7, 11) is 0. The van der Waals surface area contributed by atoms with E-state index in [-0.39, 0.29) is 0 Å². The second-order valence-electron chi connectivity index (χ2n) is 7.24. The first-order valence-corrected chi connectivity index (χ1v) is 9.93. The number of likely N-dealkylation sites (N-methyl/N-ethyl adjacent to an activating group) is 1. The van der Waals surface area contributed by atoms with Crippen molar-refractivity contribution in [2.24, 2.45) is 0 Å². The van der Waals surface area contributed by atoms with Crippen LogP contribution in [0.25, 0.3) is 16.7 Å². The molecule has 0 saturated carbocycles. The lowest BCUT2D eigenvalue weighted by atomic mass is 10.1. The third-order valence-electron chi connectivity index (χ3n) is 5.55. The molecule has 3 heterocycles. The minimum atomic E-state index is 0.511. The summed E-state index contributed by atoms with van der Waals surface area (Å²) in [6.45, 7) is 5.14. The van der Waals surface area contributed by atoms with E-state index < -0.39 is 0 Å². The summed E-state index contributed by atoms with van der Waals surface area (Å²) >= 11 is 0. The zero-order valence-corrected chi connectivity index (χ0v) is 16.4. The summed E-state index contributed by atoms with van der Waals surface area (Å²) in [6.07, 6.45) is 2.52. The molecule has 0 amide bonds. The minimum absolute atomic E-state index is 0.511. The Labute approximate surface area is 169 Å². The first-order chi connectivity index (χ1) is 14.2. The molecule has 0 atom stereocenters. The Hall–Kier alpha value is -3.38. The molecule has 2 N–H and O–H groups in total. The maximum Gasteiger partial charge on any atom is 0.151 e. The fourth-order valence-electron chi connectivity index (χ4n) is 4.08. The van der Waals surface area contributed by atoms with Gasteiger partial charge in [-0.15, -0.1) is 0 Å².